The maximum absolute atomic E-state index is 6.29. The molecule has 0 rings (SSSR count). The van der Waals surface area contributed by atoms with Gasteiger partial charge >= 0.3 is 0 Å². The van der Waals surface area contributed by atoms with E-state index in [4.69, 9.17) is 11.6 Å². The van der Waals surface area contributed by atoms with Crippen molar-refractivity contribution in [2.24, 2.45) is 5.41 Å². The van der Waals surface area contributed by atoms with Crippen LogP contribution in [0.3, 0.4) is 0 Å². The van der Waals surface area contributed by atoms with E-state index < -0.39 is 0 Å². The van der Waals surface area contributed by atoms with Gasteiger partial charge in [0.15, 0.2) is 0 Å². The Kier molecular flexibility index (Phi) is 8.23. The van der Waals surface area contributed by atoms with Gasteiger partial charge < -0.3 is 0 Å². The van der Waals surface area contributed by atoms with Crippen molar-refractivity contribution in [1.29, 1.82) is 0 Å². The summed E-state index contributed by atoms with van der Waals surface area (Å²) in [6.45, 7) is 8.88. The van der Waals surface area contributed by atoms with Gasteiger partial charge in [-0.3, -0.25) is 0 Å². The first kappa shape index (κ1) is 14.6. The highest BCUT2D eigenvalue weighted by atomic mass is 35.5. The third-order valence-corrected chi connectivity index (χ3v) is 4.25. The molecule has 0 saturated carbocycles. The van der Waals surface area contributed by atoms with Gasteiger partial charge in [0.2, 0.25) is 0 Å². The number of hydrogen-bond acceptors (Lipinski definition) is 1. The molecule has 0 aliphatic heterocycles. The highest BCUT2D eigenvalue weighted by Gasteiger charge is 2.21. The molecule has 0 aliphatic rings. The van der Waals surface area contributed by atoms with Crippen LogP contribution in [-0.2, 0) is 0 Å². The van der Waals surface area contributed by atoms with Crippen LogP contribution in [0.2, 0.25) is 0 Å². The summed E-state index contributed by atoms with van der Waals surface area (Å²) in [7, 11) is 0. The number of rotatable bonds is 7. The van der Waals surface area contributed by atoms with E-state index in [1.54, 1.807) is 0 Å². The minimum absolute atomic E-state index is 0.264. The molecule has 0 saturated heterocycles. The van der Waals surface area contributed by atoms with Crippen molar-refractivity contribution >= 4 is 23.4 Å². The zero-order chi connectivity index (χ0) is 11.0. The van der Waals surface area contributed by atoms with Gasteiger partial charge in [-0.2, -0.15) is 11.8 Å². The molecule has 0 aromatic carbocycles. The monoisotopic (exact) mass is 236 g/mol. The Hall–Kier alpha value is 0.640. The van der Waals surface area contributed by atoms with Crippen LogP contribution in [-0.4, -0.2) is 16.9 Å². The van der Waals surface area contributed by atoms with Crippen LogP contribution in [0.4, 0.5) is 0 Å². The van der Waals surface area contributed by atoms with E-state index in [2.05, 4.69) is 27.7 Å². The molecule has 0 aromatic rings. The van der Waals surface area contributed by atoms with Crippen molar-refractivity contribution < 1.29 is 0 Å². The van der Waals surface area contributed by atoms with Gasteiger partial charge in [0.1, 0.15) is 0 Å². The van der Waals surface area contributed by atoms with Crippen LogP contribution in [0, 0.1) is 5.41 Å². The first-order valence-electron chi connectivity index (χ1n) is 5.70. The first-order valence-corrected chi connectivity index (χ1v) is 7.29. The van der Waals surface area contributed by atoms with Gasteiger partial charge in [-0.1, -0.05) is 40.5 Å². The molecule has 0 amide bonds. The second kappa shape index (κ2) is 7.87. The summed E-state index contributed by atoms with van der Waals surface area (Å²) in [5.74, 6) is 2.57. The van der Waals surface area contributed by atoms with Crippen LogP contribution in [0.15, 0.2) is 0 Å². The van der Waals surface area contributed by atoms with Crippen LogP contribution >= 0.6 is 23.4 Å². The van der Waals surface area contributed by atoms with Crippen molar-refractivity contribution in [3.63, 3.8) is 0 Å². The maximum Gasteiger partial charge on any atom is 0.0384 e. The molecule has 0 aromatic heterocycles. The molecule has 0 N–H and O–H groups in total. The standard InChI is InChI=1S/C12H25ClS/c1-5-14-10-8-6-7-9-11(13)12(2,3)4/h11H,5-10H2,1-4H3. The van der Waals surface area contributed by atoms with Gasteiger partial charge in [0, 0.05) is 5.38 Å². The molecule has 0 bridgehead atoms. The van der Waals surface area contributed by atoms with Gasteiger partial charge in [0.05, 0.1) is 0 Å². The molecular weight excluding hydrogens is 212 g/mol. The quantitative estimate of drug-likeness (QED) is 0.445. The van der Waals surface area contributed by atoms with E-state index in [1.165, 1.54) is 37.2 Å². The summed E-state index contributed by atoms with van der Waals surface area (Å²) < 4.78 is 0. The minimum atomic E-state index is 0.264. The molecule has 0 aliphatic carbocycles. The van der Waals surface area contributed by atoms with Gasteiger partial charge in [-0.25, -0.2) is 0 Å². The fraction of sp³-hybridized carbons (Fsp3) is 1.00. The topological polar surface area (TPSA) is 0 Å². The van der Waals surface area contributed by atoms with Gasteiger partial charge in [0.25, 0.3) is 0 Å². The summed E-state index contributed by atoms with van der Waals surface area (Å²) >= 11 is 8.33. The molecule has 0 spiro atoms. The zero-order valence-electron chi connectivity index (χ0n) is 10.1. The van der Waals surface area contributed by atoms with Crippen molar-refractivity contribution in [1.82, 2.24) is 0 Å². The second-order valence-corrected chi connectivity index (χ2v) is 6.80. The fourth-order valence-electron chi connectivity index (χ4n) is 1.28. The van der Waals surface area contributed by atoms with Crippen LogP contribution in [0.5, 0.6) is 0 Å². The molecule has 1 unspecified atom stereocenters. The SMILES string of the molecule is CCSCCCCCC(Cl)C(C)(C)C. The van der Waals surface area contributed by atoms with E-state index in [9.17, 15) is 0 Å². The lowest BCUT2D eigenvalue weighted by Gasteiger charge is -2.24. The molecule has 0 radical (unpaired) electrons. The molecule has 1 atom stereocenters. The number of unbranched alkanes of at least 4 members (excludes halogenated alkanes) is 2. The predicted molar refractivity (Wildman–Crippen MR) is 70.6 cm³/mol. The number of halogens is 1. The summed E-state index contributed by atoms with van der Waals surface area (Å²) in [6, 6.07) is 0. The van der Waals surface area contributed by atoms with E-state index in [1.807, 2.05) is 11.8 Å². The van der Waals surface area contributed by atoms with Crippen molar-refractivity contribution in [2.45, 2.75) is 58.8 Å². The lowest BCUT2D eigenvalue weighted by atomic mass is 9.89. The van der Waals surface area contributed by atoms with Gasteiger partial charge in [-0.05, 0) is 29.8 Å². The molecule has 86 valence electrons. The predicted octanol–water partition coefficient (Wildman–Crippen LogP) is 4.95. The Morgan fingerprint density at radius 3 is 2.29 bits per heavy atom. The number of hydrogen-bond donors (Lipinski definition) is 0. The Balaban J connectivity index is 3.28. The van der Waals surface area contributed by atoms with E-state index in [-0.39, 0.29) is 5.41 Å². The first-order chi connectivity index (χ1) is 6.48. The Morgan fingerprint density at radius 2 is 1.79 bits per heavy atom. The molecular formula is C12H25ClS. The number of alkyl halides is 1. The summed E-state index contributed by atoms with van der Waals surface area (Å²) in [6.07, 6.45) is 5.15. The average Bonchev–Trinajstić information content (AvgIpc) is 2.09. The van der Waals surface area contributed by atoms with Crippen molar-refractivity contribution in [3.8, 4) is 0 Å². The third kappa shape index (κ3) is 7.99. The van der Waals surface area contributed by atoms with E-state index in [0.29, 0.717) is 5.38 Å². The highest BCUT2D eigenvalue weighted by Crippen LogP contribution is 2.28. The smallest absolute Gasteiger partial charge is 0.0384 e. The zero-order valence-corrected chi connectivity index (χ0v) is 11.7. The highest BCUT2D eigenvalue weighted by molar-refractivity contribution is 7.99. The molecule has 0 heterocycles. The summed E-state index contributed by atoms with van der Waals surface area (Å²) in [4.78, 5) is 0. The lowest BCUT2D eigenvalue weighted by molar-refractivity contribution is 0.366. The Labute approximate surface area is 99.2 Å². The van der Waals surface area contributed by atoms with Crippen LogP contribution < -0.4 is 0 Å². The number of thioether (sulfide) groups is 1. The molecule has 0 nitrogen and oxygen atoms in total. The normalized spacial score (nSPS) is 14.4. The largest absolute Gasteiger partial charge is 0.162 e. The summed E-state index contributed by atoms with van der Waals surface area (Å²) in [5, 5.41) is 0.335. The molecule has 14 heavy (non-hydrogen) atoms. The minimum Gasteiger partial charge on any atom is -0.162 e. The third-order valence-electron chi connectivity index (χ3n) is 2.39. The van der Waals surface area contributed by atoms with Crippen LogP contribution in [0.25, 0.3) is 0 Å². The Morgan fingerprint density at radius 1 is 1.14 bits per heavy atom. The average molecular weight is 237 g/mol. The van der Waals surface area contributed by atoms with E-state index in [0.717, 1.165) is 0 Å². The fourth-order valence-corrected chi connectivity index (χ4v) is 2.13. The van der Waals surface area contributed by atoms with Gasteiger partial charge in [-0.15, -0.1) is 11.6 Å². The molecule has 0 fully saturated rings. The lowest BCUT2D eigenvalue weighted by Crippen LogP contribution is -2.20. The van der Waals surface area contributed by atoms with Crippen molar-refractivity contribution in [2.75, 3.05) is 11.5 Å². The van der Waals surface area contributed by atoms with Crippen LogP contribution in [0.1, 0.15) is 53.4 Å². The maximum atomic E-state index is 6.29. The summed E-state index contributed by atoms with van der Waals surface area (Å²) in [5.41, 5.74) is 0.264. The van der Waals surface area contributed by atoms with Crippen molar-refractivity contribution in [3.05, 3.63) is 0 Å². The Bertz CT molecular complexity index is 129. The molecule has 2 heteroatoms. The second-order valence-electron chi connectivity index (χ2n) is 4.88. The van der Waals surface area contributed by atoms with E-state index >= 15 is 0 Å².